The number of nitrogens with two attached hydrogens (primary N) is 2. The molecule has 0 amide bonds. The van der Waals surface area contributed by atoms with Gasteiger partial charge in [-0.2, -0.15) is 0 Å². The summed E-state index contributed by atoms with van der Waals surface area (Å²) in [6, 6.07) is 6.91. The minimum atomic E-state index is 0.162. The molecule has 5 N–H and O–H groups in total. The van der Waals surface area contributed by atoms with Crippen LogP contribution in [0.5, 0.6) is 5.75 Å². The van der Waals surface area contributed by atoms with Gasteiger partial charge in [-0.1, -0.05) is 0 Å². The lowest BCUT2D eigenvalue weighted by molar-refractivity contribution is 0.477. The fourth-order valence-corrected chi connectivity index (χ4v) is 1.98. The van der Waals surface area contributed by atoms with Crippen LogP contribution in [-0.4, -0.2) is 5.11 Å². The van der Waals surface area contributed by atoms with Gasteiger partial charge in [-0.25, -0.2) is 0 Å². The normalized spacial score (nSPS) is 10.3. The van der Waals surface area contributed by atoms with E-state index in [9.17, 15) is 5.11 Å². The molecule has 72 valence electrons. The SMILES string of the molecule is Nc1ccc(-c2ccsc2N)c(O)c1. The Morgan fingerprint density at radius 2 is 1.86 bits per heavy atom. The minimum Gasteiger partial charge on any atom is -0.507 e. The van der Waals surface area contributed by atoms with Gasteiger partial charge in [-0.3, -0.25) is 0 Å². The van der Waals surface area contributed by atoms with E-state index in [0.29, 0.717) is 10.7 Å². The lowest BCUT2D eigenvalue weighted by atomic mass is 10.1. The lowest BCUT2D eigenvalue weighted by Gasteiger charge is -2.04. The van der Waals surface area contributed by atoms with Gasteiger partial charge in [0.1, 0.15) is 5.75 Å². The number of rotatable bonds is 1. The van der Waals surface area contributed by atoms with E-state index in [1.165, 1.54) is 17.4 Å². The first kappa shape index (κ1) is 8.90. The Hall–Kier alpha value is -1.68. The van der Waals surface area contributed by atoms with Crippen LogP contribution in [0.4, 0.5) is 10.7 Å². The van der Waals surface area contributed by atoms with Gasteiger partial charge in [0.25, 0.3) is 0 Å². The van der Waals surface area contributed by atoms with Crippen molar-refractivity contribution < 1.29 is 5.11 Å². The maximum atomic E-state index is 9.66. The Balaban J connectivity index is 2.58. The van der Waals surface area contributed by atoms with E-state index < -0.39 is 0 Å². The molecule has 0 aliphatic carbocycles. The summed E-state index contributed by atoms with van der Waals surface area (Å²) in [4.78, 5) is 0. The second-order valence-electron chi connectivity index (χ2n) is 2.98. The maximum absolute atomic E-state index is 9.66. The Bertz CT molecular complexity index is 465. The molecule has 0 bridgehead atoms. The molecule has 0 radical (unpaired) electrons. The number of aromatic hydroxyl groups is 1. The fraction of sp³-hybridized carbons (Fsp3) is 0. The van der Waals surface area contributed by atoms with Crippen LogP contribution in [0.3, 0.4) is 0 Å². The molecule has 0 spiro atoms. The summed E-state index contributed by atoms with van der Waals surface area (Å²) < 4.78 is 0. The van der Waals surface area contributed by atoms with E-state index in [2.05, 4.69) is 0 Å². The van der Waals surface area contributed by atoms with Crippen molar-refractivity contribution in [2.24, 2.45) is 0 Å². The molecule has 1 aromatic carbocycles. The van der Waals surface area contributed by atoms with Crippen molar-refractivity contribution in [2.75, 3.05) is 11.5 Å². The molecule has 0 saturated heterocycles. The molecule has 2 aromatic rings. The third-order valence-corrected chi connectivity index (χ3v) is 2.75. The standard InChI is InChI=1S/C10H10N2OS/c11-6-1-2-7(9(13)5-6)8-3-4-14-10(8)12/h1-5,13H,11-12H2. The molecule has 0 saturated carbocycles. The van der Waals surface area contributed by atoms with Crippen molar-refractivity contribution >= 4 is 22.0 Å². The van der Waals surface area contributed by atoms with Crippen molar-refractivity contribution in [2.45, 2.75) is 0 Å². The summed E-state index contributed by atoms with van der Waals surface area (Å²) in [5, 5.41) is 12.2. The van der Waals surface area contributed by atoms with E-state index in [1.54, 1.807) is 12.1 Å². The molecule has 3 nitrogen and oxygen atoms in total. The first-order chi connectivity index (χ1) is 6.68. The maximum Gasteiger partial charge on any atom is 0.125 e. The van der Waals surface area contributed by atoms with Crippen molar-refractivity contribution in [3.63, 3.8) is 0 Å². The zero-order valence-corrected chi connectivity index (χ0v) is 8.21. The molecular weight excluding hydrogens is 196 g/mol. The molecule has 1 aromatic heterocycles. The molecule has 0 atom stereocenters. The molecule has 4 heteroatoms. The predicted octanol–water partition coefficient (Wildman–Crippen LogP) is 2.29. The Labute approximate surface area is 85.6 Å². The van der Waals surface area contributed by atoms with E-state index in [1.807, 2.05) is 11.4 Å². The smallest absolute Gasteiger partial charge is 0.125 e. The van der Waals surface area contributed by atoms with Gasteiger partial charge in [0.2, 0.25) is 0 Å². The van der Waals surface area contributed by atoms with E-state index in [0.717, 1.165) is 11.1 Å². The summed E-state index contributed by atoms with van der Waals surface area (Å²) in [5.74, 6) is 0.162. The number of nitrogen functional groups attached to an aromatic ring is 2. The summed E-state index contributed by atoms with van der Waals surface area (Å²) in [5.41, 5.74) is 13.4. The first-order valence-corrected chi connectivity index (χ1v) is 4.98. The van der Waals surface area contributed by atoms with Crippen LogP contribution in [0.1, 0.15) is 0 Å². The average Bonchev–Trinajstić information content (AvgIpc) is 2.52. The van der Waals surface area contributed by atoms with Crippen LogP contribution < -0.4 is 11.5 Å². The van der Waals surface area contributed by atoms with E-state index in [-0.39, 0.29) is 5.75 Å². The zero-order chi connectivity index (χ0) is 10.1. The number of thiophene rings is 1. The molecule has 1 heterocycles. The Morgan fingerprint density at radius 1 is 1.07 bits per heavy atom. The lowest BCUT2D eigenvalue weighted by Crippen LogP contribution is -1.87. The number of benzene rings is 1. The van der Waals surface area contributed by atoms with Crippen LogP contribution in [0, 0.1) is 0 Å². The molecule has 0 aliphatic rings. The quantitative estimate of drug-likeness (QED) is 0.627. The first-order valence-electron chi connectivity index (χ1n) is 4.10. The second kappa shape index (κ2) is 3.23. The van der Waals surface area contributed by atoms with Crippen LogP contribution >= 0.6 is 11.3 Å². The molecule has 2 rings (SSSR count). The average molecular weight is 206 g/mol. The molecule has 0 unspecified atom stereocenters. The van der Waals surface area contributed by atoms with Gasteiger partial charge in [0, 0.05) is 22.9 Å². The fourth-order valence-electron chi connectivity index (χ4n) is 1.32. The van der Waals surface area contributed by atoms with Gasteiger partial charge in [-0.15, -0.1) is 11.3 Å². The van der Waals surface area contributed by atoms with Gasteiger partial charge in [-0.05, 0) is 23.6 Å². The minimum absolute atomic E-state index is 0.162. The number of phenols is 1. The highest BCUT2D eigenvalue weighted by Crippen LogP contribution is 2.36. The second-order valence-corrected chi connectivity index (χ2v) is 3.92. The van der Waals surface area contributed by atoms with Crippen molar-refractivity contribution in [3.8, 4) is 16.9 Å². The van der Waals surface area contributed by atoms with Crippen LogP contribution in [0.15, 0.2) is 29.6 Å². The van der Waals surface area contributed by atoms with Crippen molar-refractivity contribution in [1.82, 2.24) is 0 Å². The topological polar surface area (TPSA) is 72.3 Å². The highest BCUT2D eigenvalue weighted by Gasteiger charge is 2.08. The van der Waals surface area contributed by atoms with Gasteiger partial charge in [0.15, 0.2) is 0 Å². The van der Waals surface area contributed by atoms with E-state index >= 15 is 0 Å². The third-order valence-electron chi connectivity index (χ3n) is 2.01. The predicted molar refractivity (Wildman–Crippen MR) is 60.2 cm³/mol. The summed E-state index contributed by atoms with van der Waals surface area (Å²) in [7, 11) is 0. The zero-order valence-electron chi connectivity index (χ0n) is 7.40. The number of phenolic OH excluding ortho intramolecular Hbond substituents is 1. The monoisotopic (exact) mass is 206 g/mol. The van der Waals surface area contributed by atoms with Crippen molar-refractivity contribution in [1.29, 1.82) is 0 Å². The van der Waals surface area contributed by atoms with Gasteiger partial charge >= 0.3 is 0 Å². The van der Waals surface area contributed by atoms with Crippen LogP contribution in [0.2, 0.25) is 0 Å². The molecule has 0 aliphatic heterocycles. The Kier molecular flexibility index (Phi) is 2.05. The molecule has 14 heavy (non-hydrogen) atoms. The number of anilines is 2. The van der Waals surface area contributed by atoms with Crippen LogP contribution in [0.25, 0.3) is 11.1 Å². The van der Waals surface area contributed by atoms with Gasteiger partial charge < -0.3 is 16.6 Å². The van der Waals surface area contributed by atoms with Crippen molar-refractivity contribution in [3.05, 3.63) is 29.6 Å². The van der Waals surface area contributed by atoms with E-state index in [4.69, 9.17) is 11.5 Å². The Morgan fingerprint density at radius 3 is 2.43 bits per heavy atom. The molecule has 0 fully saturated rings. The number of hydrogen-bond acceptors (Lipinski definition) is 4. The summed E-state index contributed by atoms with van der Waals surface area (Å²) in [6.07, 6.45) is 0. The third kappa shape index (κ3) is 1.40. The van der Waals surface area contributed by atoms with Crippen LogP contribution in [-0.2, 0) is 0 Å². The van der Waals surface area contributed by atoms with Gasteiger partial charge in [0.05, 0.1) is 5.00 Å². The largest absolute Gasteiger partial charge is 0.507 e. The highest BCUT2D eigenvalue weighted by atomic mass is 32.1. The molecular formula is C10H10N2OS. The summed E-state index contributed by atoms with van der Waals surface area (Å²) in [6.45, 7) is 0. The summed E-state index contributed by atoms with van der Waals surface area (Å²) >= 11 is 1.45. The number of hydrogen-bond donors (Lipinski definition) is 3. The highest BCUT2D eigenvalue weighted by molar-refractivity contribution is 7.14.